The van der Waals surface area contributed by atoms with Gasteiger partial charge in [0.25, 0.3) is 11.8 Å². The molecule has 0 unspecified atom stereocenters. The monoisotopic (exact) mass is 447 g/mol. The maximum absolute atomic E-state index is 13.0. The number of nitrogens with one attached hydrogen (secondary N) is 1. The standard InChI is InChI=1S/C23H21N5O3S/c1-13-20(31-14(2)25-13)22(30)28-9-7-15(12-28)19-11-17(16-5-3-4-6-18(16)26-19)21(29)27-23-24-8-10-32-23/h3-6,8,10-11,15H,7,9,12H2,1-2H3,(H,24,27,29)/t15-/m0/s1. The molecule has 1 fully saturated rings. The first-order valence-electron chi connectivity index (χ1n) is 10.3. The van der Waals surface area contributed by atoms with Crippen molar-refractivity contribution in [2.75, 3.05) is 18.4 Å². The van der Waals surface area contributed by atoms with Crippen molar-refractivity contribution in [1.29, 1.82) is 0 Å². The van der Waals surface area contributed by atoms with Crippen molar-refractivity contribution in [2.24, 2.45) is 0 Å². The van der Waals surface area contributed by atoms with Crippen LogP contribution in [0, 0.1) is 13.8 Å². The van der Waals surface area contributed by atoms with Gasteiger partial charge in [0.15, 0.2) is 11.0 Å². The molecule has 1 N–H and O–H groups in total. The summed E-state index contributed by atoms with van der Waals surface area (Å²) >= 11 is 1.37. The summed E-state index contributed by atoms with van der Waals surface area (Å²) in [5.74, 6) is 0.415. The molecule has 3 aromatic heterocycles. The highest BCUT2D eigenvalue weighted by Crippen LogP contribution is 2.31. The zero-order valence-corrected chi connectivity index (χ0v) is 18.5. The van der Waals surface area contributed by atoms with Gasteiger partial charge < -0.3 is 9.32 Å². The van der Waals surface area contributed by atoms with Crippen LogP contribution in [0.25, 0.3) is 10.9 Å². The Morgan fingerprint density at radius 1 is 1.22 bits per heavy atom. The minimum absolute atomic E-state index is 0.0271. The van der Waals surface area contributed by atoms with Gasteiger partial charge in [0, 0.05) is 48.6 Å². The fourth-order valence-corrected chi connectivity index (χ4v) is 4.63. The van der Waals surface area contributed by atoms with Gasteiger partial charge in [0.1, 0.15) is 0 Å². The number of oxazole rings is 1. The first-order chi connectivity index (χ1) is 15.5. The van der Waals surface area contributed by atoms with Crippen LogP contribution < -0.4 is 5.32 Å². The number of nitrogens with zero attached hydrogens (tertiary/aromatic N) is 4. The van der Waals surface area contributed by atoms with Gasteiger partial charge in [0.2, 0.25) is 5.76 Å². The maximum Gasteiger partial charge on any atom is 0.291 e. The number of para-hydroxylation sites is 1. The minimum Gasteiger partial charge on any atom is -0.436 e. The molecule has 0 aliphatic carbocycles. The summed E-state index contributed by atoms with van der Waals surface area (Å²) in [4.78, 5) is 40.9. The normalized spacial score (nSPS) is 15.9. The highest BCUT2D eigenvalue weighted by molar-refractivity contribution is 7.13. The Morgan fingerprint density at radius 2 is 2.06 bits per heavy atom. The average Bonchev–Trinajstić information content (AvgIpc) is 3.54. The van der Waals surface area contributed by atoms with Gasteiger partial charge in [-0.15, -0.1) is 11.3 Å². The van der Waals surface area contributed by atoms with E-state index in [9.17, 15) is 9.59 Å². The quantitative estimate of drug-likeness (QED) is 0.504. The van der Waals surface area contributed by atoms with Gasteiger partial charge in [-0.25, -0.2) is 9.97 Å². The number of anilines is 1. The first kappa shape index (κ1) is 20.3. The maximum atomic E-state index is 13.0. The largest absolute Gasteiger partial charge is 0.436 e. The van der Waals surface area contributed by atoms with Gasteiger partial charge >= 0.3 is 0 Å². The van der Waals surface area contributed by atoms with E-state index < -0.39 is 0 Å². The van der Waals surface area contributed by atoms with Gasteiger partial charge in [-0.1, -0.05) is 18.2 Å². The topological polar surface area (TPSA) is 101 Å². The zero-order valence-electron chi connectivity index (χ0n) is 17.7. The molecule has 0 bridgehead atoms. The lowest BCUT2D eigenvalue weighted by molar-refractivity contribution is 0.0756. The molecular weight excluding hydrogens is 426 g/mol. The SMILES string of the molecule is Cc1nc(C)c(C(=O)N2CC[C@H](c3cc(C(=O)Nc4nccs4)c4ccccc4n3)C2)o1. The molecule has 4 aromatic rings. The molecule has 5 rings (SSSR count). The molecule has 1 aliphatic heterocycles. The van der Waals surface area contributed by atoms with Gasteiger partial charge in [-0.2, -0.15) is 0 Å². The average molecular weight is 448 g/mol. The highest BCUT2D eigenvalue weighted by Gasteiger charge is 2.32. The van der Waals surface area contributed by atoms with E-state index in [4.69, 9.17) is 9.40 Å². The third-order valence-electron chi connectivity index (χ3n) is 5.62. The minimum atomic E-state index is -0.224. The smallest absolute Gasteiger partial charge is 0.291 e. The second-order valence-corrected chi connectivity index (χ2v) is 8.68. The number of benzene rings is 1. The van der Waals surface area contributed by atoms with Gasteiger partial charge in [0.05, 0.1) is 16.8 Å². The van der Waals surface area contributed by atoms with Crippen LogP contribution in [0.15, 0.2) is 46.3 Å². The number of pyridine rings is 1. The Labute approximate surface area is 188 Å². The first-order valence-corrected chi connectivity index (χ1v) is 11.2. The van der Waals surface area contributed by atoms with Crippen LogP contribution in [0.1, 0.15) is 50.5 Å². The van der Waals surface area contributed by atoms with Crippen LogP contribution in [-0.2, 0) is 0 Å². The lowest BCUT2D eigenvalue weighted by Crippen LogP contribution is -2.28. The van der Waals surface area contributed by atoms with Crippen molar-refractivity contribution in [1.82, 2.24) is 19.9 Å². The number of carbonyl (C=O) groups excluding carboxylic acids is 2. The number of hydrogen-bond acceptors (Lipinski definition) is 7. The van der Waals surface area contributed by atoms with Gasteiger partial charge in [-0.3, -0.25) is 19.9 Å². The van der Waals surface area contributed by atoms with E-state index in [2.05, 4.69) is 15.3 Å². The molecule has 0 spiro atoms. The zero-order chi connectivity index (χ0) is 22.2. The van der Waals surface area contributed by atoms with E-state index in [0.29, 0.717) is 35.4 Å². The molecule has 162 valence electrons. The van der Waals surface area contributed by atoms with E-state index in [1.807, 2.05) is 35.7 Å². The van der Waals surface area contributed by atoms with Crippen LogP contribution in [0.5, 0.6) is 0 Å². The molecule has 1 saturated heterocycles. The van der Waals surface area contributed by atoms with Crippen molar-refractivity contribution in [3.63, 3.8) is 0 Å². The molecule has 1 aromatic carbocycles. The molecule has 0 saturated carbocycles. The van der Waals surface area contributed by atoms with Crippen LogP contribution in [0.2, 0.25) is 0 Å². The summed E-state index contributed by atoms with van der Waals surface area (Å²) < 4.78 is 5.51. The Hall–Kier alpha value is -3.59. The molecule has 32 heavy (non-hydrogen) atoms. The molecule has 1 aliphatic rings. The number of aromatic nitrogens is 3. The predicted octanol–water partition coefficient (Wildman–Crippen LogP) is 4.18. The Kier molecular flexibility index (Phi) is 5.18. The lowest BCUT2D eigenvalue weighted by atomic mass is 9.99. The molecular formula is C23H21N5O3S. The van der Waals surface area contributed by atoms with Crippen LogP contribution in [-0.4, -0.2) is 44.8 Å². The predicted molar refractivity (Wildman–Crippen MR) is 121 cm³/mol. The second kappa shape index (κ2) is 8.16. The third-order valence-corrected chi connectivity index (χ3v) is 6.31. The molecule has 1 atom stereocenters. The number of rotatable bonds is 4. The summed E-state index contributed by atoms with van der Waals surface area (Å²) in [6, 6.07) is 9.43. The Balaban J connectivity index is 1.44. The summed E-state index contributed by atoms with van der Waals surface area (Å²) in [5, 5.41) is 6.01. The fourth-order valence-electron chi connectivity index (χ4n) is 4.10. The van der Waals surface area contributed by atoms with E-state index in [0.717, 1.165) is 23.0 Å². The number of aryl methyl sites for hydroxylation is 2. The second-order valence-electron chi connectivity index (χ2n) is 7.79. The van der Waals surface area contributed by atoms with Crippen molar-refractivity contribution in [2.45, 2.75) is 26.2 Å². The molecule has 9 heteroatoms. The van der Waals surface area contributed by atoms with Crippen molar-refractivity contribution in [3.8, 4) is 0 Å². The number of carbonyl (C=O) groups is 2. The van der Waals surface area contributed by atoms with E-state index in [1.54, 1.807) is 24.9 Å². The highest BCUT2D eigenvalue weighted by atomic mass is 32.1. The van der Waals surface area contributed by atoms with E-state index in [-0.39, 0.29) is 23.5 Å². The Morgan fingerprint density at radius 3 is 2.81 bits per heavy atom. The number of hydrogen-bond donors (Lipinski definition) is 1. The lowest BCUT2D eigenvalue weighted by Gasteiger charge is -2.16. The molecule has 4 heterocycles. The van der Waals surface area contributed by atoms with E-state index in [1.165, 1.54) is 11.3 Å². The molecule has 2 amide bonds. The van der Waals surface area contributed by atoms with Crippen LogP contribution in [0.3, 0.4) is 0 Å². The fraction of sp³-hybridized carbons (Fsp3) is 0.261. The van der Waals surface area contributed by atoms with Crippen LogP contribution in [0.4, 0.5) is 5.13 Å². The Bertz CT molecular complexity index is 1310. The number of likely N-dealkylation sites (tertiary alicyclic amines) is 1. The van der Waals surface area contributed by atoms with Crippen molar-refractivity contribution in [3.05, 3.63) is 70.5 Å². The van der Waals surface area contributed by atoms with Crippen molar-refractivity contribution >= 4 is 39.2 Å². The summed E-state index contributed by atoms with van der Waals surface area (Å²) in [6.45, 7) is 4.61. The van der Waals surface area contributed by atoms with Crippen LogP contribution >= 0.6 is 11.3 Å². The number of amides is 2. The summed E-state index contributed by atoms with van der Waals surface area (Å²) in [6.07, 6.45) is 2.41. The van der Waals surface area contributed by atoms with E-state index >= 15 is 0 Å². The number of thiazole rings is 1. The number of fused-ring (bicyclic) bond motifs is 1. The summed E-state index contributed by atoms with van der Waals surface area (Å²) in [7, 11) is 0. The molecule has 0 radical (unpaired) electrons. The summed E-state index contributed by atoms with van der Waals surface area (Å²) in [5.41, 5.74) is 2.70. The van der Waals surface area contributed by atoms with Gasteiger partial charge in [-0.05, 0) is 25.5 Å². The molecule has 8 nitrogen and oxygen atoms in total. The third kappa shape index (κ3) is 3.75. The van der Waals surface area contributed by atoms with Crippen molar-refractivity contribution < 1.29 is 14.0 Å².